The van der Waals surface area contributed by atoms with Gasteiger partial charge in [0, 0.05) is 45.3 Å². The molecule has 0 spiro atoms. The number of carbonyl (C=O) groups excluding carboxylic acids is 4. The highest BCUT2D eigenvalue weighted by Gasteiger charge is 2.38. The molecule has 4 atom stereocenters. The zero-order valence-corrected chi connectivity index (χ0v) is 25.7. The molecule has 2 saturated heterocycles. The molecule has 2 aliphatic heterocycles. The lowest BCUT2D eigenvalue weighted by atomic mass is 10.0. The van der Waals surface area contributed by atoms with Crippen LogP contribution in [0, 0.1) is 11.8 Å². The van der Waals surface area contributed by atoms with Crippen LogP contribution in [0.1, 0.15) is 63.2 Å². The first-order chi connectivity index (χ1) is 20.0. The number of benzene rings is 2. The number of hydroxylamine groups is 2. The Labute approximate surface area is 248 Å². The topological polar surface area (TPSA) is 106 Å². The molecule has 0 bridgehead atoms. The van der Waals surface area contributed by atoms with Gasteiger partial charge < -0.3 is 19.3 Å². The third-order valence-corrected chi connectivity index (χ3v) is 8.19. The van der Waals surface area contributed by atoms with Crippen molar-refractivity contribution in [1.82, 2.24) is 14.9 Å². The second-order valence-electron chi connectivity index (χ2n) is 10.6. The molecule has 4 rings (SSSR count). The van der Waals surface area contributed by atoms with Crippen LogP contribution in [-0.4, -0.2) is 79.8 Å². The van der Waals surface area contributed by atoms with E-state index < -0.39 is 0 Å². The van der Waals surface area contributed by atoms with E-state index in [9.17, 15) is 19.2 Å². The molecule has 10 nitrogen and oxygen atoms in total. The van der Waals surface area contributed by atoms with Crippen molar-refractivity contribution >= 4 is 23.5 Å². The fraction of sp³-hybridized carbons (Fsp3) is 0.500. The molecule has 2 aromatic rings. The molecule has 2 aliphatic rings. The largest absolute Gasteiger partial charge is 0.497 e. The molecule has 10 heteroatoms. The summed E-state index contributed by atoms with van der Waals surface area (Å²) in [6.45, 7) is 6.77. The van der Waals surface area contributed by atoms with Crippen molar-refractivity contribution in [3.05, 3.63) is 59.7 Å². The molecule has 3 amide bonds. The monoisotopic (exact) mass is 581 g/mol. The predicted molar refractivity (Wildman–Crippen MR) is 158 cm³/mol. The van der Waals surface area contributed by atoms with Gasteiger partial charge in [0.25, 0.3) is 5.91 Å². The number of ketones is 1. The minimum absolute atomic E-state index is 0.00817. The lowest BCUT2D eigenvalue weighted by molar-refractivity contribution is -0.173. The number of methoxy groups -OCH3 is 2. The summed E-state index contributed by atoms with van der Waals surface area (Å²) in [5.41, 5.74) is 2.08. The van der Waals surface area contributed by atoms with Crippen LogP contribution in [0.3, 0.4) is 0 Å². The third kappa shape index (κ3) is 7.67. The van der Waals surface area contributed by atoms with Crippen LogP contribution >= 0.6 is 0 Å². The zero-order valence-electron chi connectivity index (χ0n) is 25.7. The molecule has 42 heavy (non-hydrogen) atoms. The predicted octanol–water partition coefficient (Wildman–Crippen LogP) is 4.21. The van der Waals surface area contributed by atoms with Crippen LogP contribution in [0.4, 0.5) is 0 Å². The molecule has 2 aromatic carbocycles. The summed E-state index contributed by atoms with van der Waals surface area (Å²) in [7, 11) is 6.24. The SMILES string of the molecule is CCC(=O)[C@@H]1CC(=O)N([C@H](C)c2ccc(OC)cc2)C1.COc1ccc([C@@H](C)N2C[C@H](C(=O)N(C)OC)CC2=O)cc1. The summed E-state index contributed by atoms with van der Waals surface area (Å²) in [6.07, 6.45) is 1.09. The van der Waals surface area contributed by atoms with Crippen molar-refractivity contribution in [2.24, 2.45) is 11.8 Å². The summed E-state index contributed by atoms with van der Waals surface area (Å²) in [4.78, 5) is 56.6. The lowest BCUT2D eigenvalue weighted by Gasteiger charge is -2.25. The quantitative estimate of drug-likeness (QED) is 0.387. The first kappa shape index (κ1) is 32.6. The number of nitrogens with zero attached hydrogens (tertiary/aromatic N) is 3. The maximum atomic E-state index is 12.2. The molecule has 0 unspecified atom stereocenters. The molecule has 0 saturated carbocycles. The highest BCUT2D eigenvalue weighted by Crippen LogP contribution is 2.31. The maximum Gasteiger partial charge on any atom is 0.251 e. The van der Waals surface area contributed by atoms with E-state index in [4.69, 9.17) is 14.3 Å². The second-order valence-corrected chi connectivity index (χ2v) is 10.6. The minimum Gasteiger partial charge on any atom is -0.497 e. The van der Waals surface area contributed by atoms with Crippen LogP contribution < -0.4 is 9.47 Å². The average molecular weight is 582 g/mol. The molecule has 0 N–H and O–H groups in total. The van der Waals surface area contributed by atoms with Gasteiger partial charge in [-0.15, -0.1) is 0 Å². The van der Waals surface area contributed by atoms with Crippen LogP contribution in [-0.2, 0) is 24.0 Å². The molecule has 2 heterocycles. The van der Waals surface area contributed by atoms with Crippen molar-refractivity contribution in [3.8, 4) is 11.5 Å². The van der Waals surface area contributed by atoms with E-state index in [0.717, 1.165) is 22.6 Å². The third-order valence-electron chi connectivity index (χ3n) is 8.19. The number of hydrogen-bond acceptors (Lipinski definition) is 7. The molecule has 228 valence electrons. The van der Waals surface area contributed by atoms with Gasteiger partial charge in [-0.1, -0.05) is 31.2 Å². The van der Waals surface area contributed by atoms with Gasteiger partial charge in [-0.25, -0.2) is 5.06 Å². The second kappa shape index (κ2) is 14.8. The van der Waals surface area contributed by atoms with E-state index in [1.165, 1.54) is 12.2 Å². The van der Waals surface area contributed by atoms with Gasteiger partial charge in [-0.05, 0) is 49.2 Å². The number of amides is 3. The van der Waals surface area contributed by atoms with Crippen molar-refractivity contribution < 1.29 is 33.5 Å². The van der Waals surface area contributed by atoms with Gasteiger partial charge in [0.15, 0.2) is 0 Å². The first-order valence-corrected chi connectivity index (χ1v) is 14.3. The van der Waals surface area contributed by atoms with Crippen molar-refractivity contribution in [2.45, 2.75) is 52.1 Å². The van der Waals surface area contributed by atoms with E-state index in [1.54, 1.807) is 31.1 Å². The Balaban J connectivity index is 0.000000231. The molecular formula is C32H43N3O7. The molecule has 0 aliphatic carbocycles. The number of rotatable bonds is 10. The van der Waals surface area contributed by atoms with E-state index in [2.05, 4.69) is 0 Å². The van der Waals surface area contributed by atoms with Crippen LogP contribution in [0.25, 0.3) is 0 Å². The number of ether oxygens (including phenoxy) is 2. The Hall–Kier alpha value is -3.92. The Bertz CT molecular complexity index is 1230. The lowest BCUT2D eigenvalue weighted by Crippen LogP contribution is -2.34. The maximum absolute atomic E-state index is 12.2. The van der Waals surface area contributed by atoms with E-state index in [-0.39, 0.29) is 53.8 Å². The average Bonchev–Trinajstić information content (AvgIpc) is 3.61. The molecule has 0 aromatic heterocycles. The minimum atomic E-state index is -0.349. The van der Waals surface area contributed by atoms with Crippen molar-refractivity contribution in [2.75, 3.05) is 41.5 Å². The van der Waals surface area contributed by atoms with Gasteiger partial charge in [-0.2, -0.15) is 0 Å². The Morgan fingerprint density at radius 2 is 1.19 bits per heavy atom. The summed E-state index contributed by atoms with van der Waals surface area (Å²) in [5, 5.41) is 1.18. The fourth-order valence-electron chi connectivity index (χ4n) is 5.35. The fourth-order valence-corrected chi connectivity index (χ4v) is 5.35. The highest BCUT2D eigenvalue weighted by atomic mass is 16.7. The van der Waals surface area contributed by atoms with Gasteiger partial charge >= 0.3 is 0 Å². The zero-order chi connectivity index (χ0) is 31.0. The number of carbonyl (C=O) groups is 4. The van der Waals surface area contributed by atoms with Crippen LogP contribution in [0.2, 0.25) is 0 Å². The van der Waals surface area contributed by atoms with Crippen LogP contribution in [0.15, 0.2) is 48.5 Å². The van der Waals surface area contributed by atoms with Gasteiger partial charge in [0.2, 0.25) is 11.8 Å². The van der Waals surface area contributed by atoms with E-state index in [1.807, 2.05) is 69.3 Å². The van der Waals surface area contributed by atoms with Crippen LogP contribution in [0.5, 0.6) is 11.5 Å². The van der Waals surface area contributed by atoms with Gasteiger partial charge in [-0.3, -0.25) is 24.0 Å². The molecule has 0 radical (unpaired) electrons. The smallest absolute Gasteiger partial charge is 0.251 e. The normalized spacial score (nSPS) is 19.6. The van der Waals surface area contributed by atoms with Gasteiger partial charge in [0.1, 0.15) is 17.3 Å². The first-order valence-electron chi connectivity index (χ1n) is 14.3. The summed E-state index contributed by atoms with van der Waals surface area (Å²) >= 11 is 0. The Morgan fingerprint density at radius 1 is 0.786 bits per heavy atom. The standard InChI is InChI=1S/C16H22N2O4.C16H21NO3/c1-11(12-5-7-14(21-3)8-6-12)18-10-13(9-15(18)19)16(20)17(2)22-4;1-4-15(18)13-9-16(19)17(10-13)11(2)12-5-7-14(20-3)8-6-12/h5-8,11,13H,9-10H2,1-4H3;5-8,11,13H,4,9-10H2,1-3H3/t2*11-,13-/m11/s1. The molecule has 2 fully saturated rings. The van der Waals surface area contributed by atoms with E-state index >= 15 is 0 Å². The van der Waals surface area contributed by atoms with Crippen molar-refractivity contribution in [3.63, 3.8) is 0 Å². The van der Waals surface area contributed by atoms with E-state index in [0.29, 0.717) is 25.9 Å². The number of hydrogen-bond donors (Lipinski definition) is 0. The molecular weight excluding hydrogens is 538 g/mol. The number of Topliss-reactive ketones (excluding diaryl/α,β-unsaturated/α-hetero) is 1. The van der Waals surface area contributed by atoms with Crippen molar-refractivity contribution in [1.29, 1.82) is 0 Å². The number of likely N-dealkylation sites (tertiary alicyclic amines) is 2. The Kier molecular flexibility index (Phi) is 11.5. The summed E-state index contributed by atoms with van der Waals surface area (Å²) in [5.74, 6) is 1.17. The summed E-state index contributed by atoms with van der Waals surface area (Å²) < 4.78 is 10.3. The summed E-state index contributed by atoms with van der Waals surface area (Å²) in [6, 6.07) is 15.2. The van der Waals surface area contributed by atoms with Gasteiger partial charge in [0.05, 0.1) is 39.3 Å². The highest BCUT2D eigenvalue weighted by molar-refractivity contribution is 5.90. The Morgan fingerprint density at radius 3 is 1.57 bits per heavy atom.